The third-order valence-electron chi connectivity index (χ3n) is 3.37. The summed E-state index contributed by atoms with van der Waals surface area (Å²) in [5.74, 6) is 5.91. The molecule has 24 heavy (non-hydrogen) atoms. The first-order chi connectivity index (χ1) is 11.8. The van der Waals surface area contributed by atoms with Crippen LogP contribution in [0.1, 0.15) is 11.1 Å². The van der Waals surface area contributed by atoms with Crippen LogP contribution in [0.5, 0.6) is 0 Å². The maximum absolute atomic E-state index is 11.6. The molecule has 3 aromatic rings. The van der Waals surface area contributed by atoms with Crippen molar-refractivity contribution in [3.8, 4) is 11.8 Å². The van der Waals surface area contributed by atoms with Gasteiger partial charge in [0.2, 0.25) is 0 Å². The number of aromatic nitrogens is 1. The Labute approximate surface area is 140 Å². The predicted molar refractivity (Wildman–Crippen MR) is 93.3 cm³/mol. The number of amides is 1. The second kappa shape index (κ2) is 7.80. The molecule has 3 rings (SSSR count). The Morgan fingerprint density at radius 2 is 1.96 bits per heavy atom. The lowest BCUT2D eigenvalue weighted by molar-refractivity contribution is 0.141. The zero-order valence-electron chi connectivity index (χ0n) is 13.0. The van der Waals surface area contributed by atoms with Crippen LogP contribution in [0.25, 0.3) is 10.9 Å². The monoisotopic (exact) mass is 316 g/mol. The number of benzene rings is 2. The second-order valence-electron chi connectivity index (χ2n) is 5.13. The SMILES string of the molecule is O=C(NCC#Cc1ccc2cccnc2c1)OCc1ccccc1. The molecule has 0 radical (unpaired) electrons. The van der Waals surface area contributed by atoms with Crippen LogP contribution in [-0.4, -0.2) is 17.6 Å². The molecule has 118 valence electrons. The van der Waals surface area contributed by atoms with E-state index in [1.54, 1.807) is 6.20 Å². The molecule has 0 fully saturated rings. The highest BCUT2D eigenvalue weighted by Crippen LogP contribution is 2.12. The molecule has 2 aromatic carbocycles. The Morgan fingerprint density at radius 3 is 2.83 bits per heavy atom. The molecule has 4 heteroatoms. The van der Waals surface area contributed by atoms with E-state index in [4.69, 9.17) is 4.74 Å². The van der Waals surface area contributed by atoms with Crippen molar-refractivity contribution in [1.29, 1.82) is 0 Å². The number of nitrogens with zero attached hydrogens (tertiary/aromatic N) is 1. The van der Waals surface area contributed by atoms with E-state index in [0.717, 1.165) is 22.0 Å². The van der Waals surface area contributed by atoms with E-state index in [1.165, 1.54) is 0 Å². The first-order valence-corrected chi connectivity index (χ1v) is 7.59. The van der Waals surface area contributed by atoms with Gasteiger partial charge in [-0.15, -0.1) is 0 Å². The molecule has 0 unspecified atom stereocenters. The topological polar surface area (TPSA) is 51.2 Å². The van der Waals surface area contributed by atoms with Crippen LogP contribution < -0.4 is 5.32 Å². The fourth-order valence-corrected chi connectivity index (χ4v) is 2.18. The standard InChI is InChI=1S/C20H16N2O2/c23-20(24-15-17-6-2-1-3-7-17)22-13-4-8-16-10-11-18-9-5-12-21-19(18)14-16/h1-3,5-7,9-12,14H,13,15H2,(H,22,23). The van der Waals surface area contributed by atoms with Crippen LogP contribution in [0.4, 0.5) is 4.79 Å². The number of alkyl carbamates (subject to hydrolysis) is 1. The quantitative estimate of drug-likeness (QED) is 0.752. The number of fused-ring (bicyclic) bond motifs is 1. The van der Waals surface area contributed by atoms with Gasteiger partial charge in [0.05, 0.1) is 12.1 Å². The zero-order valence-corrected chi connectivity index (χ0v) is 13.0. The fraction of sp³-hybridized carbons (Fsp3) is 0.100. The Kier molecular flexibility index (Phi) is 5.06. The molecule has 1 heterocycles. The Hall–Kier alpha value is -3.32. The number of nitrogens with one attached hydrogen (secondary N) is 1. The minimum absolute atomic E-state index is 0.230. The average molecular weight is 316 g/mol. The maximum Gasteiger partial charge on any atom is 0.408 e. The van der Waals surface area contributed by atoms with E-state index in [2.05, 4.69) is 22.1 Å². The summed E-state index contributed by atoms with van der Waals surface area (Å²) in [5, 5.41) is 3.68. The van der Waals surface area contributed by atoms with Gasteiger partial charge in [-0.1, -0.05) is 54.3 Å². The highest BCUT2D eigenvalue weighted by atomic mass is 16.5. The van der Waals surface area contributed by atoms with Crippen molar-refractivity contribution in [1.82, 2.24) is 10.3 Å². The smallest absolute Gasteiger partial charge is 0.408 e. The van der Waals surface area contributed by atoms with E-state index in [-0.39, 0.29) is 13.2 Å². The van der Waals surface area contributed by atoms with E-state index in [1.807, 2.05) is 60.7 Å². The molecule has 1 N–H and O–H groups in total. The molecule has 1 amide bonds. The van der Waals surface area contributed by atoms with Crippen molar-refractivity contribution in [3.05, 3.63) is 78.0 Å². The summed E-state index contributed by atoms with van der Waals surface area (Å²) in [7, 11) is 0. The first kappa shape index (κ1) is 15.6. The van der Waals surface area contributed by atoms with Crippen LogP contribution in [0.2, 0.25) is 0 Å². The lowest BCUT2D eigenvalue weighted by atomic mass is 10.1. The molecule has 0 aliphatic heterocycles. The fourth-order valence-electron chi connectivity index (χ4n) is 2.18. The van der Waals surface area contributed by atoms with E-state index in [0.29, 0.717) is 0 Å². The molecule has 0 spiro atoms. The van der Waals surface area contributed by atoms with Gasteiger partial charge in [-0.2, -0.15) is 0 Å². The van der Waals surface area contributed by atoms with Gasteiger partial charge in [0.15, 0.2) is 0 Å². The van der Waals surface area contributed by atoms with Crippen LogP contribution in [0.15, 0.2) is 66.9 Å². The predicted octanol–water partition coefficient (Wildman–Crippen LogP) is 3.51. The van der Waals surface area contributed by atoms with E-state index >= 15 is 0 Å². The summed E-state index contributed by atoms with van der Waals surface area (Å²) in [6.07, 6.45) is 1.28. The number of hydrogen-bond acceptors (Lipinski definition) is 3. The Morgan fingerprint density at radius 1 is 1.08 bits per heavy atom. The molecular weight excluding hydrogens is 300 g/mol. The number of hydrogen-bond donors (Lipinski definition) is 1. The molecule has 0 bridgehead atoms. The number of carbonyl (C=O) groups excluding carboxylic acids is 1. The summed E-state index contributed by atoms with van der Waals surface area (Å²) in [4.78, 5) is 15.9. The number of rotatable bonds is 3. The highest BCUT2D eigenvalue weighted by Gasteiger charge is 2.00. The molecule has 4 nitrogen and oxygen atoms in total. The summed E-state index contributed by atoms with van der Waals surface area (Å²) >= 11 is 0. The molecule has 1 aromatic heterocycles. The number of ether oxygens (including phenoxy) is 1. The van der Waals surface area contributed by atoms with Crippen LogP contribution in [-0.2, 0) is 11.3 Å². The molecule has 0 aliphatic carbocycles. The molecular formula is C20H16N2O2. The minimum atomic E-state index is -0.478. The van der Waals surface area contributed by atoms with E-state index < -0.39 is 6.09 Å². The molecule has 0 atom stereocenters. The Balaban J connectivity index is 1.49. The zero-order chi connectivity index (χ0) is 16.6. The molecule has 0 aliphatic rings. The van der Waals surface area contributed by atoms with Crippen molar-refractivity contribution in [2.45, 2.75) is 6.61 Å². The highest BCUT2D eigenvalue weighted by molar-refractivity contribution is 5.79. The Bertz CT molecular complexity index is 895. The third kappa shape index (κ3) is 4.34. The molecule has 0 saturated carbocycles. The van der Waals surface area contributed by atoms with Gasteiger partial charge in [0.25, 0.3) is 0 Å². The van der Waals surface area contributed by atoms with Crippen molar-refractivity contribution in [2.24, 2.45) is 0 Å². The van der Waals surface area contributed by atoms with E-state index in [9.17, 15) is 4.79 Å². The van der Waals surface area contributed by atoms with Gasteiger partial charge in [-0.3, -0.25) is 4.98 Å². The van der Waals surface area contributed by atoms with Crippen LogP contribution >= 0.6 is 0 Å². The maximum atomic E-state index is 11.6. The lowest BCUT2D eigenvalue weighted by Gasteiger charge is -2.04. The normalized spacial score (nSPS) is 9.83. The van der Waals surface area contributed by atoms with Gasteiger partial charge < -0.3 is 10.1 Å². The lowest BCUT2D eigenvalue weighted by Crippen LogP contribution is -2.24. The van der Waals surface area contributed by atoms with Crippen LogP contribution in [0, 0.1) is 11.8 Å². The largest absolute Gasteiger partial charge is 0.445 e. The summed E-state index contributed by atoms with van der Waals surface area (Å²) in [6, 6.07) is 19.3. The summed E-state index contributed by atoms with van der Waals surface area (Å²) < 4.78 is 5.11. The van der Waals surface area contributed by atoms with Crippen molar-refractivity contribution in [2.75, 3.05) is 6.54 Å². The van der Waals surface area contributed by atoms with Crippen molar-refractivity contribution < 1.29 is 9.53 Å². The summed E-state index contributed by atoms with van der Waals surface area (Å²) in [6.45, 7) is 0.477. The minimum Gasteiger partial charge on any atom is -0.445 e. The average Bonchev–Trinajstić information content (AvgIpc) is 2.64. The van der Waals surface area contributed by atoms with Gasteiger partial charge in [0, 0.05) is 17.1 Å². The van der Waals surface area contributed by atoms with Gasteiger partial charge in [-0.25, -0.2) is 4.79 Å². The van der Waals surface area contributed by atoms with Crippen LogP contribution in [0.3, 0.4) is 0 Å². The molecule has 0 saturated heterocycles. The van der Waals surface area contributed by atoms with Crippen molar-refractivity contribution in [3.63, 3.8) is 0 Å². The first-order valence-electron chi connectivity index (χ1n) is 7.59. The van der Waals surface area contributed by atoms with Gasteiger partial charge in [-0.05, 0) is 23.8 Å². The van der Waals surface area contributed by atoms with Gasteiger partial charge >= 0.3 is 6.09 Å². The third-order valence-corrected chi connectivity index (χ3v) is 3.37. The summed E-state index contributed by atoms with van der Waals surface area (Å²) in [5.41, 5.74) is 2.71. The number of pyridine rings is 1. The number of carbonyl (C=O) groups is 1. The second-order valence-corrected chi connectivity index (χ2v) is 5.13. The van der Waals surface area contributed by atoms with Gasteiger partial charge in [0.1, 0.15) is 6.61 Å². The van der Waals surface area contributed by atoms with Crippen molar-refractivity contribution >= 4 is 17.0 Å².